The normalized spacial score (nSPS) is 17.5. The van der Waals surface area contributed by atoms with Crippen LogP contribution in [0.3, 0.4) is 0 Å². The molecule has 0 aliphatic carbocycles. The second-order valence-corrected chi connectivity index (χ2v) is 2.09. The number of amidine groups is 1. The molecule has 1 rings (SSSR count). The molecular formula is C7H9N3. The highest BCUT2D eigenvalue weighted by Gasteiger charge is 2.05. The number of rotatable bonds is 1. The predicted molar refractivity (Wildman–Crippen MR) is 42.3 cm³/mol. The molecule has 52 valence electrons. The number of hydrogen-bond donors (Lipinski definition) is 2. The van der Waals surface area contributed by atoms with Gasteiger partial charge < -0.3 is 0 Å². The van der Waals surface area contributed by atoms with Crippen LogP contribution in [-0.2, 0) is 0 Å². The number of allylic oxidation sites excluding steroid dienone is 1. The summed E-state index contributed by atoms with van der Waals surface area (Å²) in [5, 5.41) is 14.3. The summed E-state index contributed by atoms with van der Waals surface area (Å²) in [6.45, 7) is 2.00. The fourth-order valence-electron chi connectivity index (χ4n) is 0.701. The molecule has 10 heavy (non-hydrogen) atoms. The van der Waals surface area contributed by atoms with E-state index < -0.39 is 0 Å². The van der Waals surface area contributed by atoms with E-state index in [9.17, 15) is 0 Å². The van der Waals surface area contributed by atoms with Crippen LogP contribution in [0.15, 0.2) is 16.6 Å². The maximum absolute atomic E-state index is 7.21. The highest BCUT2D eigenvalue weighted by Crippen LogP contribution is 2.02. The van der Waals surface area contributed by atoms with Crippen LogP contribution in [0.4, 0.5) is 0 Å². The van der Waals surface area contributed by atoms with Gasteiger partial charge in [-0.2, -0.15) is 0 Å². The molecule has 1 aliphatic rings. The number of aliphatic imine (C=N–C) groups is 1. The monoisotopic (exact) mass is 135 g/mol. The lowest BCUT2D eigenvalue weighted by atomic mass is 10.1. The molecule has 0 aromatic heterocycles. The Labute approximate surface area is 59.5 Å². The zero-order chi connectivity index (χ0) is 7.56. The van der Waals surface area contributed by atoms with Crippen molar-refractivity contribution in [3.63, 3.8) is 0 Å². The third kappa shape index (κ3) is 1.18. The van der Waals surface area contributed by atoms with Crippen LogP contribution >= 0.6 is 0 Å². The van der Waals surface area contributed by atoms with Gasteiger partial charge in [0, 0.05) is 6.21 Å². The van der Waals surface area contributed by atoms with Crippen molar-refractivity contribution < 1.29 is 0 Å². The topological polar surface area (TPSA) is 60.1 Å². The van der Waals surface area contributed by atoms with Crippen molar-refractivity contribution in [3.8, 4) is 0 Å². The quantitative estimate of drug-likeness (QED) is 0.546. The first-order valence-corrected chi connectivity index (χ1v) is 3.16. The molecule has 3 nitrogen and oxygen atoms in total. The summed E-state index contributed by atoms with van der Waals surface area (Å²) >= 11 is 0. The zero-order valence-corrected chi connectivity index (χ0v) is 5.81. The van der Waals surface area contributed by atoms with E-state index in [0.717, 1.165) is 12.0 Å². The number of hydrogen-bond acceptors (Lipinski definition) is 2. The molecule has 0 saturated heterocycles. The highest BCUT2D eigenvalue weighted by molar-refractivity contribution is 6.46. The molecule has 2 N–H and O–H groups in total. The second kappa shape index (κ2) is 2.56. The van der Waals surface area contributed by atoms with E-state index in [1.807, 2.05) is 6.92 Å². The number of nitrogens with zero attached hydrogens (tertiary/aromatic N) is 1. The maximum Gasteiger partial charge on any atom is 0.169 e. The Hall–Kier alpha value is -1.25. The van der Waals surface area contributed by atoms with Gasteiger partial charge in [0.05, 0.1) is 5.71 Å². The van der Waals surface area contributed by atoms with Crippen molar-refractivity contribution in [3.05, 3.63) is 11.6 Å². The Balaban J connectivity index is 2.86. The molecule has 0 fully saturated rings. The first-order valence-electron chi connectivity index (χ1n) is 3.16. The van der Waals surface area contributed by atoms with Gasteiger partial charge in [0.25, 0.3) is 0 Å². The largest absolute Gasteiger partial charge is 0.297 e. The summed E-state index contributed by atoms with van der Waals surface area (Å²) in [7, 11) is 0. The van der Waals surface area contributed by atoms with E-state index >= 15 is 0 Å². The van der Waals surface area contributed by atoms with Crippen molar-refractivity contribution in [2.75, 3.05) is 0 Å². The van der Waals surface area contributed by atoms with Crippen molar-refractivity contribution in [1.82, 2.24) is 0 Å². The Morgan fingerprint density at radius 3 is 2.70 bits per heavy atom. The average molecular weight is 135 g/mol. The van der Waals surface area contributed by atoms with E-state index in [2.05, 4.69) is 4.99 Å². The Morgan fingerprint density at radius 2 is 2.20 bits per heavy atom. The third-order valence-corrected chi connectivity index (χ3v) is 1.35. The Morgan fingerprint density at radius 1 is 1.50 bits per heavy atom. The average Bonchev–Trinajstić information content (AvgIpc) is 1.95. The molecule has 0 unspecified atom stereocenters. The standard InChI is InChI=1S/C7H9N3/c1-2-5-3-6(8)7(9)10-4-5/h3-4,8-9H,2H2,1H3. The summed E-state index contributed by atoms with van der Waals surface area (Å²) in [5.41, 5.74) is 1.22. The van der Waals surface area contributed by atoms with Crippen molar-refractivity contribution in [1.29, 1.82) is 10.8 Å². The maximum atomic E-state index is 7.21. The van der Waals surface area contributed by atoms with Crippen LogP contribution in [0.25, 0.3) is 0 Å². The lowest BCUT2D eigenvalue weighted by molar-refractivity contribution is 1.18. The minimum absolute atomic E-state index is 0.0530. The molecular weight excluding hydrogens is 126 g/mol. The molecule has 0 amide bonds. The summed E-state index contributed by atoms with van der Waals surface area (Å²) in [6, 6.07) is 0. The summed E-state index contributed by atoms with van der Waals surface area (Å²) in [5.74, 6) is 0.0530. The van der Waals surface area contributed by atoms with Crippen LogP contribution in [0.1, 0.15) is 13.3 Å². The lowest BCUT2D eigenvalue weighted by Crippen LogP contribution is -2.11. The van der Waals surface area contributed by atoms with Crippen LogP contribution in [-0.4, -0.2) is 17.8 Å². The molecule has 0 atom stereocenters. The fraction of sp³-hybridized carbons (Fsp3) is 0.286. The van der Waals surface area contributed by atoms with E-state index in [1.165, 1.54) is 0 Å². The van der Waals surface area contributed by atoms with Crippen LogP contribution in [0.5, 0.6) is 0 Å². The first kappa shape index (κ1) is 6.86. The van der Waals surface area contributed by atoms with Gasteiger partial charge in [-0.25, -0.2) is 4.99 Å². The predicted octanol–water partition coefficient (Wildman–Crippen LogP) is 1.40. The van der Waals surface area contributed by atoms with Crippen molar-refractivity contribution in [2.24, 2.45) is 4.99 Å². The molecule has 0 aromatic carbocycles. The minimum Gasteiger partial charge on any atom is -0.297 e. The van der Waals surface area contributed by atoms with Crippen LogP contribution < -0.4 is 0 Å². The molecule has 0 radical (unpaired) electrons. The molecule has 3 heteroatoms. The van der Waals surface area contributed by atoms with Gasteiger partial charge >= 0.3 is 0 Å². The SMILES string of the molecule is CCC1=CC(=N)C(=N)N=C1. The van der Waals surface area contributed by atoms with Gasteiger partial charge in [0.15, 0.2) is 5.84 Å². The van der Waals surface area contributed by atoms with Crippen LogP contribution in [0.2, 0.25) is 0 Å². The van der Waals surface area contributed by atoms with Crippen molar-refractivity contribution >= 4 is 17.8 Å². The third-order valence-electron chi connectivity index (χ3n) is 1.35. The Bertz CT molecular complexity index is 235. The number of dihydropyridines is 1. The van der Waals surface area contributed by atoms with Crippen molar-refractivity contribution in [2.45, 2.75) is 13.3 Å². The van der Waals surface area contributed by atoms with E-state index in [0.29, 0.717) is 0 Å². The van der Waals surface area contributed by atoms with E-state index in [4.69, 9.17) is 10.8 Å². The lowest BCUT2D eigenvalue weighted by Gasteiger charge is -2.03. The first-order chi connectivity index (χ1) is 4.74. The molecule has 0 bridgehead atoms. The van der Waals surface area contributed by atoms with Gasteiger partial charge in [-0.15, -0.1) is 0 Å². The molecule has 1 aliphatic heterocycles. The summed E-state index contributed by atoms with van der Waals surface area (Å²) in [6.07, 6.45) is 4.19. The van der Waals surface area contributed by atoms with Gasteiger partial charge in [-0.3, -0.25) is 10.8 Å². The van der Waals surface area contributed by atoms with Gasteiger partial charge in [-0.1, -0.05) is 6.92 Å². The van der Waals surface area contributed by atoms with Gasteiger partial charge in [0.1, 0.15) is 0 Å². The molecule has 0 saturated carbocycles. The fourth-order valence-corrected chi connectivity index (χ4v) is 0.701. The summed E-state index contributed by atoms with van der Waals surface area (Å²) < 4.78 is 0. The molecule has 0 spiro atoms. The smallest absolute Gasteiger partial charge is 0.169 e. The molecule has 0 aromatic rings. The van der Waals surface area contributed by atoms with Crippen LogP contribution in [0, 0.1) is 10.8 Å². The minimum atomic E-state index is 0.0530. The number of nitrogens with one attached hydrogen (secondary N) is 2. The van der Waals surface area contributed by atoms with Gasteiger partial charge in [0.2, 0.25) is 0 Å². The Kier molecular flexibility index (Phi) is 1.76. The highest BCUT2D eigenvalue weighted by atomic mass is 14.8. The van der Waals surface area contributed by atoms with E-state index in [-0.39, 0.29) is 11.5 Å². The van der Waals surface area contributed by atoms with E-state index in [1.54, 1.807) is 12.3 Å². The zero-order valence-electron chi connectivity index (χ0n) is 5.81. The van der Waals surface area contributed by atoms with Gasteiger partial charge in [-0.05, 0) is 18.1 Å². The summed E-state index contributed by atoms with van der Waals surface area (Å²) in [4.78, 5) is 3.73. The molecule has 1 heterocycles. The second-order valence-electron chi connectivity index (χ2n) is 2.09.